The summed E-state index contributed by atoms with van der Waals surface area (Å²) >= 11 is 6.00. The van der Waals surface area contributed by atoms with E-state index >= 15 is 0 Å². The van der Waals surface area contributed by atoms with Crippen molar-refractivity contribution >= 4 is 28.7 Å². The van der Waals surface area contributed by atoms with Gasteiger partial charge in [-0.25, -0.2) is 4.39 Å². The summed E-state index contributed by atoms with van der Waals surface area (Å²) in [7, 11) is 0. The van der Waals surface area contributed by atoms with Crippen LogP contribution in [0.25, 0.3) is 16.5 Å². The molecule has 0 N–H and O–H groups in total. The monoisotopic (exact) mass is 358 g/mol. The predicted molar refractivity (Wildman–Crippen MR) is 96.4 cm³/mol. The number of aldehydes is 1. The van der Waals surface area contributed by atoms with Gasteiger partial charge in [-0.2, -0.15) is 9.78 Å². The fraction of sp³-hybridized carbons (Fsp3) is 0.211. The van der Waals surface area contributed by atoms with E-state index in [0.29, 0.717) is 11.7 Å². The Labute approximate surface area is 148 Å². The molecule has 0 unspecified atom stereocenters. The number of carbonyl (C=O) groups is 1. The van der Waals surface area contributed by atoms with E-state index in [9.17, 15) is 14.0 Å². The number of hydrogen-bond donors (Lipinski definition) is 0. The van der Waals surface area contributed by atoms with Crippen molar-refractivity contribution in [1.82, 2.24) is 9.78 Å². The van der Waals surface area contributed by atoms with E-state index in [0.717, 1.165) is 10.2 Å². The molecule has 3 rings (SSSR count). The summed E-state index contributed by atoms with van der Waals surface area (Å²) in [5.74, 6) is -0.613. The Morgan fingerprint density at radius 1 is 1.24 bits per heavy atom. The summed E-state index contributed by atoms with van der Waals surface area (Å²) in [6, 6.07) is 7.80. The third-order valence-corrected chi connectivity index (χ3v) is 4.41. The molecule has 0 spiro atoms. The highest BCUT2D eigenvalue weighted by molar-refractivity contribution is 6.33. The lowest BCUT2D eigenvalue weighted by atomic mass is 9.86. The van der Waals surface area contributed by atoms with Gasteiger partial charge in [-0.05, 0) is 35.2 Å². The largest absolute Gasteiger partial charge is 0.298 e. The zero-order valence-electron chi connectivity index (χ0n) is 14.0. The van der Waals surface area contributed by atoms with Crippen LogP contribution in [0.5, 0.6) is 0 Å². The molecule has 0 aliphatic rings. The minimum atomic E-state index is -0.638. The van der Waals surface area contributed by atoms with Crippen LogP contribution in [-0.2, 0) is 5.41 Å². The molecule has 0 bridgehead atoms. The molecule has 0 aliphatic carbocycles. The standard InChI is InChI=1S/C19H16ClFN2O2/c1-19(2,3)12-7-11-9-22-23(18(25)17(11)15(21)8-12)16-6-4-5-14(20)13(16)10-24/h4-10H,1-3H3. The number of nitrogens with zero attached hydrogens (tertiary/aromatic N) is 2. The maximum Gasteiger partial charge on any atom is 0.282 e. The topological polar surface area (TPSA) is 52.0 Å². The zero-order valence-corrected chi connectivity index (χ0v) is 14.8. The summed E-state index contributed by atoms with van der Waals surface area (Å²) < 4.78 is 15.7. The Morgan fingerprint density at radius 3 is 2.60 bits per heavy atom. The molecular formula is C19H16ClFN2O2. The van der Waals surface area contributed by atoms with Crippen molar-refractivity contribution in [2.24, 2.45) is 0 Å². The zero-order chi connectivity index (χ0) is 18.4. The van der Waals surface area contributed by atoms with Crippen LogP contribution in [0.4, 0.5) is 4.39 Å². The Kier molecular flexibility index (Phi) is 4.21. The predicted octanol–water partition coefficient (Wildman–Crippen LogP) is 4.29. The van der Waals surface area contributed by atoms with E-state index in [1.807, 2.05) is 20.8 Å². The molecule has 1 heterocycles. The van der Waals surface area contributed by atoms with Gasteiger partial charge < -0.3 is 0 Å². The second-order valence-corrected chi connectivity index (χ2v) is 7.23. The van der Waals surface area contributed by atoms with E-state index in [1.165, 1.54) is 24.4 Å². The average molecular weight is 359 g/mol. The van der Waals surface area contributed by atoms with Crippen LogP contribution in [0, 0.1) is 5.82 Å². The number of fused-ring (bicyclic) bond motifs is 1. The SMILES string of the molecule is CC(C)(C)c1cc(F)c2c(=O)n(-c3cccc(Cl)c3C=O)ncc2c1. The number of rotatable bonds is 2. The van der Waals surface area contributed by atoms with Crippen molar-refractivity contribution in [3.63, 3.8) is 0 Å². The number of halogens is 2. The molecule has 4 nitrogen and oxygen atoms in total. The maximum atomic E-state index is 14.7. The van der Waals surface area contributed by atoms with Gasteiger partial charge in [-0.15, -0.1) is 0 Å². The molecule has 3 aromatic rings. The van der Waals surface area contributed by atoms with Crippen LogP contribution < -0.4 is 5.56 Å². The van der Waals surface area contributed by atoms with Crippen molar-refractivity contribution < 1.29 is 9.18 Å². The van der Waals surface area contributed by atoms with Gasteiger partial charge in [0.2, 0.25) is 0 Å². The highest BCUT2D eigenvalue weighted by atomic mass is 35.5. The number of benzene rings is 2. The molecule has 0 saturated carbocycles. The second-order valence-electron chi connectivity index (χ2n) is 6.82. The van der Waals surface area contributed by atoms with Gasteiger partial charge in [0, 0.05) is 5.39 Å². The van der Waals surface area contributed by atoms with E-state index in [2.05, 4.69) is 5.10 Å². The van der Waals surface area contributed by atoms with Gasteiger partial charge in [-0.1, -0.05) is 38.4 Å². The minimum Gasteiger partial charge on any atom is -0.298 e. The molecule has 25 heavy (non-hydrogen) atoms. The summed E-state index contributed by atoms with van der Waals surface area (Å²) in [5, 5.41) is 4.66. The van der Waals surface area contributed by atoms with Crippen molar-refractivity contribution in [2.75, 3.05) is 0 Å². The molecule has 1 aromatic heterocycles. The first-order chi connectivity index (χ1) is 11.7. The Morgan fingerprint density at radius 2 is 1.96 bits per heavy atom. The minimum absolute atomic E-state index is 0.0696. The Balaban J connectivity index is 2.33. The van der Waals surface area contributed by atoms with Crippen LogP contribution in [0.1, 0.15) is 36.7 Å². The molecular weight excluding hydrogens is 343 g/mol. The smallest absolute Gasteiger partial charge is 0.282 e. The summed E-state index contributed by atoms with van der Waals surface area (Å²) in [6.07, 6.45) is 1.97. The average Bonchev–Trinajstić information content (AvgIpc) is 2.53. The van der Waals surface area contributed by atoms with Gasteiger partial charge >= 0.3 is 0 Å². The first kappa shape index (κ1) is 17.3. The van der Waals surface area contributed by atoms with Crippen LogP contribution in [0.2, 0.25) is 5.02 Å². The number of carbonyl (C=O) groups excluding carboxylic acids is 1. The number of hydrogen-bond acceptors (Lipinski definition) is 3. The van der Waals surface area contributed by atoms with Gasteiger partial charge in [0.15, 0.2) is 6.29 Å². The Hall–Kier alpha value is -2.53. The van der Waals surface area contributed by atoms with E-state index in [1.54, 1.807) is 12.1 Å². The van der Waals surface area contributed by atoms with Crippen molar-refractivity contribution in [3.8, 4) is 5.69 Å². The second kappa shape index (κ2) is 6.08. The van der Waals surface area contributed by atoms with Crippen LogP contribution in [-0.4, -0.2) is 16.1 Å². The third kappa shape index (κ3) is 2.96. The van der Waals surface area contributed by atoms with Crippen molar-refractivity contribution in [3.05, 3.63) is 68.8 Å². The third-order valence-electron chi connectivity index (χ3n) is 4.08. The summed E-state index contributed by atoms with van der Waals surface area (Å²) in [6.45, 7) is 5.89. The maximum absolute atomic E-state index is 14.7. The molecule has 0 radical (unpaired) electrons. The van der Waals surface area contributed by atoms with Crippen LogP contribution in [0.15, 0.2) is 41.3 Å². The summed E-state index contributed by atoms with van der Waals surface area (Å²) in [4.78, 5) is 24.1. The van der Waals surface area contributed by atoms with Gasteiger partial charge in [0.25, 0.3) is 5.56 Å². The molecule has 128 valence electrons. The van der Waals surface area contributed by atoms with Crippen LogP contribution in [0.3, 0.4) is 0 Å². The summed E-state index contributed by atoms with van der Waals surface area (Å²) in [5.41, 5.74) is 0.216. The molecule has 6 heteroatoms. The fourth-order valence-electron chi connectivity index (χ4n) is 2.67. The van der Waals surface area contributed by atoms with E-state index in [-0.39, 0.29) is 27.1 Å². The molecule has 0 amide bonds. The van der Waals surface area contributed by atoms with Gasteiger partial charge in [0.05, 0.1) is 27.9 Å². The quantitative estimate of drug-likeness (QED) is 0.642. The fourth-order valence-corrected chi connectivity index (χ4v) is 2.88. The van der Waals surface area contributed by atoms with Crippen molar-refractivity contribution in [2.45, 2.75) is 26.2 Å². The lowest BCUT2D eigenvalue weighted by molar-refractivity contribution is 0.112. The molecule has 0 atom stereocenters. The van der Waals surface area contributed by atoms with Crippen molar-refractivity contribution in [1.29, 1.82) is 0 Å². The number of aromatic nitrogens is 2. The highest BCUT2D eigenvalue weighted by Gasteiger charge is 2.19. The molecule has 0 saturated heterocycles. The lowest BCUT2D eigenvalue weighted by Gasteiger charge is -2.20. The molecule has 0 fully saturated rings. The normalized spacial score (nSPS) is 11.7. The molecule has 2 aromatic carbocycles. The highest BCUT2D eigenvalue weighted by Crippen LogP contribution is 2.27. The first-order valence-corrected chi connectivity index (χ1v) is 8.08. The lowest BCUT2D eigenvalue weighted by Crippen LogP contribution is -2.23. The first-order valence-electron chi connectivity index (χ1n) is 7.70. The molecule has 0 aliphatic heterocycles. The van der Waals surface area contributed by atoms with Crippen LogP contribution >= 0.6 is 11.6 Å². The van der Waals surface area contributed by atoms with E-state index in [4.69, 9.17) is 11.6 Å². The van der Waals surface area contributed by atoms with E-state index < -0.39 is 11.4 Å². The Bertz CT molecular complexity index is 1050. The van der Waals surface area contributed by atoms with Gasteiger partial charge in [-0.3, -0.25) is 9.59 Å². The van der Waals surface area contributed by atoms with Gasteiger partial charge in [0.1, 0.15) is 5.82 Å².